The van der Waals surface area contributed by atoms with Gasteiger partial charge in [-0.25, -0.2) is 0 Å². The quantitative estimate of drug-likeness (QED) is 0.822. The highest BCUT2D eigenvalue weighted by atomic mass is 16.5. The van der Waals surface area contributed by atoms with Crippen molar-refractivity contribution >= 4 is 5.78 Å². The third kappa shape index (κ3) is 2.64. The normalized spacial score (nSPS) is 28.3. The summed E-state index contributed by atoms with van der Waals surface area (Å²) in [4.78, 5) is 12.5. The van der Waals surface area contributed by atoms with Gasteiger partial charge >= 0.3 is 0 Å². The number of aryl methyl sites for hydroxylation is 1. The molecular formula is C14H22N2O2. The minimum atomic E-state index is -0.553. The molecule has 0 spiro atoms. The summed E-state index contributed by atoms with van der Waals surface area (Å²) < 4.78 is 7.32. The molecule has 100 valence electrons. The third-order valence-corrected chi connectivity index (χ3v) is 4.10. The topological polar surface area (TPSA) is 44.1 Å². The van der Waals surface area contributed by atoms with Crippen molar-refractivity contribution in [3.05, 3.63) is 18.0 Å². The molecule has 1 aromatic rings. The van der Waals surface area contributed by atoms with E-state index in [4.69, 9.17) is 4.74 Å². The number of carbonyl (C=O) groups excluding carboxylic acids is 1. The Bertz CT molecular complexity index is 417. The number of rotatable bonds is 4. The van der Waals surface area contributed by atoms with Gasteiger partial charge < -0.3 is 4.74 Å². The lowest BCUT2D eigenvalue weighted by Gasteiger charge is -2.36. The van der Waals surface area contributed by atoms with E-state index < -0.39 is 5.60 Å². The minimum Gasteiger partial charge on any atom is -0.370 e. The summed E-state index contributed by atoms with van der Waals surface area (Å²) in [5.41, 5.74) is 0.417. The van der Waals surface area contributed by atoms with Crippen molar-refractivity contribution in [2.75, 3.05) is 7.11 Å². The maximum absolute atomic E-state index is 12.5. The van der Waals surface area contributed by atoms with Gasteiger partial charge in [-0.2, -0.15) is 5.10 Å². The number of hydrogen-bond donors (Lipinski definition) is 0. The van der Waals surface area contributed by atoms with Crippen LogP contribution in [0.5, 0.6) is 0 Å². The van der Waals surface area contributed by atoms with Crippen molar-refractivity contribution in [3.8, 4) is 0 Å². The molecular weight excluding hydrogens is 228 g/mol. The average molecular weight is 250 g/mol. The van der Waals surface area contributed by atoms with Crippen LogP contribution in [-0.4, -0.2) is 28.3 Å². The van der Waals surface area contributed by atoms with Crippen molar-refractivity contribution in [3.63, 3.8) is 0 Å². The molecule has 0 atom stereocenters. The summed E-state index contributed by atoms with van der Waals surface area (Å²) in [6.45, 7) is 2.24. The summed E-state index contributed by atoms with van der Waals surface area (Å²) >= 11 is 0. The van der Waals surface area contributed by atoms with Gasteiger partial charge in [0.1, 0.15) is 5.60 Å². The maximum atomic E-state index is 12.5. The van der Waals surface area contributed by atoms with E-state index in [1.165, 1.54) is 0 Å². The van der Waals surface area contributed by atoms with Gasteiger partial charge in [0.25, 0.3) is 0 Å². The number of ketones is 1. The van der Waals surface area contributed by atoms with Crippen LogP contribution in [0.25, 0.3) is 0 Å². The lowest BCUT2D eigenvalue weighted by Crippen LogP contribution is -2.44. The molecule has 1 heterocycles. The van der Waals surface area contributed by atoms with Crippen LogP contribution in [0.15, 0.2) is 12.4 Å². The van der Waals surface area contributed by atoms with E-state index in [9.17, 15) is 4.79 Å². The predicted octanol–water partition coefficient (Wildman–Crippen LogP) is 2.13. The van der Waals surface area contributed by atoms with Crippen LogP contribution in [0.3, 0.4) is 0 Å². The molecule has 4 nitrogen and oxygen atoms in total. The van der Waals surface area contributed by atoms with Gasteiger partial charge in [-0.1, -0.05) is 6.92 Å². The van der Waals surface area contributed by atoms with E-state index in [1.807, 2.05) is 13.2 Å². The fourth-order valence-electron chi connectivity index (χ4n) is 2.73. The van der Waals surface area contributed by atoms with Crippen molar-refractivity contribution in [1.82, 2.24) is 9.78 Å². The molecule has 1 aliphatic carbocycles. The van der Waals surface area contributed by atoms with Crippen LogP contribution in [-0.2, 0) is 23.0 Å². The molecule has 1 fully saturated rings. The highest BCUT2D eigenvalue weighted by molar-refractivity contribution is 5.89. The summed E-state index contributed by atoms with van der Waals surface area (Å²) in [6, 6.07) is 0. The van der Waals surface area contributed by atoms with Crippen LogP contribution < -0.4 is 0 Å². The fraction of sp³-hybridized carbons (Fsp3) is 0.714. The smallest absolute Gasteiger partial charge is 0.169 e. The van der Waals surface area contributed by atoms with Crippen molar-refractivity contribution < 1.29 is 9.53 Å². The second kappa shape index (κ2) is 5.22. The highest BCUT2D eigenvalue weighted by Gasteiger charge is 2.40. The molecule has 1 aromatic heterocycles. The molecule has 0 amide bonds. The molecule has 0 saturated heterocycles. The molecule has 0 aliphatic heterocycles. The SMILES string of the molecule is COC1(C(=O)Cc2cnn(C)c2)CCC(C)CC1. The Hall–Kier alpha value is -1.16. The average Bonchev–Trinajstić information content (AvgIpc) is 2.76. The molecule has 0 N–H and O–H groups in total. The van der Waals surface area contributed by atoms with Gasteiger partial charge in [0.2, 0.25) is 0 Å². The molecule has 2 rings (SSSR count). The number of Topliss-reactive ketones (excluding diaryl/α,β-unsaturated/α-hetero) is 1. The number of hydrogen-bond acceptors (Lipinski definition) is 3. The molecule has 0 unspecified atom stereocenters. The van der Waals surface area contributed by atoms with E-state index in [0.717, 1.165) is 31.2 Å². The largest absolute Gasteiger partial charge is 0.370 e. The fourth-order valence-corrected chi connectivity index (χ4v) is 2.73. The van der Waals surface area contributed by atoms with E-state index in [-0.39, 0.29) is 5.78 Å². The first-order valence-corrected chi connectivity index (χ1v) is 6.62. The molecule has 0 radical (unpaired) electrons. The monoisotopic (exact) mass is 250 g/mol. The van der Waals surface area contributed by atoms with Crippen molar-refractivity contribution in [2.24, 2.45) is 13.0 Å². The van der Waals surface area contributed by atoms with Gasteiger partial charge in [-0.05, 0) is 37.2 Å². The Morgan fingerprint density at radius 3 is 2.72 bits per heavy atom. The molecule has 4 heteroatoms. The minimum absolute atomic E-state index is 0.199. The number of ether oxygens (including phenoxy) is 1. The zero-order valence-corrected chi connectivity index (χ0v) is 11.5. The zero-order chi connectivity index (χ0) is 13.2. The highest BCUT2D eigenvalue weighted by Crippen LogP contribution is 2.35. The molecule has 18 heavy (non-hydrogen) atoms. The second-order valence-electron chi connectivity index (χ2n) is 5.50. The van der Waals surface area contributed by atoms with Gasteiger partial charge in [-0.15, -0.1) is 0 Å². The van der Waals surface area contributed by atoms with E-state index in [0.29, 0.717) is 12.3 Å². The Labute approximate surface area is 108 Å². The van der Waals surface area contributed by atoms with Crippen molar-refractivity contribution in [2.45, 2.75) is 44.6 Å². The summed E-state index contributed by atoms with van der Waals surface area (Å²) in [6.07, 6.45) is 7.93. The van der Waals surface area contributed by atoms with E-state index >= 15 is 0 Å². The van der Waals surface area contributed by atoms with Gasteiger partial charge in [0, 0.05) is 26.8 Å². The molecule has 1 aliphatic rings. The number of aromatic nitrogens is 2. The summed E-state index contributed by atoms with van der Waals surface area (Å²) in [5.74, 6) is 0.907. The second-order valence-corrected chi connectivity index (χ2v) is 5.50. The Balaban J connectivity index is 2.06. The zero-order valence-electron chi connectivity index (χ0n) is 11.5. The van der Waals surface area contributed by atoms with E-state index in [1.54, 1.807) is 18.0 Å². The number of nitrogens with zero attached hydrogens (tertiary/aromatic N) is 2. The van der Waals surface area contributed by atoms with Crippen LogP contribution in [0.2, 0.25) is 0 Å². The molecule has 1 saturated carbocycles. The number of methoxy groups -OCH3 is 1. The summed E-state index contributed by atoms with van der Waals surface area (Å²) in [7, 11) is 3.53. The van der Waals surface area contributed by atoms with Gasteiger partial charge in [0.15, 0.2) is 5.78 Å². The molecule has 0 aromatic carbocycles. The van der Waals surface area contributed by atoms with Crippen molar-refractivity contribution in [1.29, 1.82) is 0 Å². The van der Waals surface area contributed by atoms with Crippen LogP contribution >= 0.6 is 0 Å². The van der Waals surface area contributed by atoms with E-state index in [2.05, 4.69) is 12.0 Å². The van der Waals surface area contributed by atoms with Crippen LogP contribution in [0.4, 0.5) is 0 Å². The first kappa shape index (κ1) is 13.3. The Morgan fingerprint density at radius 1 is 1.56 bits per heavy atom. The number of carbonyl (C=O) groups is 1. The van der Waals surface area contributed by atoms with Crippen LogP contribution in [0.1, 0.15) is 38.2 Å². The first-order chi connectivity index (χ1) is 8.55. The van der Waals surface area contributed by atoms with Gasteiger partial charge in [-0.3, -0.25) is 9.48 Å². The predicted molar refractivity (Wildman–Crippen MR) is 69.3 cm³/mol. The Morgan fingerprint density at radius 2 is 2.22 bits per heavy atom. The summed E-state index contributed by atoms with van der Waals surface area (Å²) in [5, 5.41) is 4.10. The van der Waals surface area contributed by atoms with Gasteiger partial charge in [0.05, 0.1) is 6.20 Å². The lowest BCUT2D eigenvalue weighted by molar-refractivity contribution is -0.145. The third-order valence-electron chi connectivity index (χ3n) is 4.10. The molecule has 0 bridgehead atoms. The standard InChI is InChI=1S/C14H22N2O2/c1-11-4-6-14(18-3,7-5-11)13(17)8-12-9-15-16(2)10-12/h9-11H,4-8H2,1-3H3. The Kier molecular flexibility index (Phi) is 3.85. The van der Waals surface area contributed by atoms with Crippen LogP contribution in [0, 0.1) is 5.92 Å². The lowest BCUT2D eigenvalue weighted by atomic mass is 9.76. The maximum Gasteiger partial charge on any atom is 0.169 e. The first-order valence-electron chi connectivity index (χ1n) is 6.62.